The molecule has 0 radical (unpaired) electrons. The number of amides is 1. The van der Waals surface area contributed by atoms with Crippen LogP contribution in [0.3, 0.4) is 0 Å². The van der Waals surface area contributed by atoms with Gasteiger partial charge in [-0.2, -0.15) is 5.10 Å². The van der Waals surface area contributed by atoms with E-state index in [0.717, 1.165) is 11.2 Å². The van der Waals surface area contributed by atoms with Gasteiger partial charge in [-0.1, -0.05) is 13.8 Å². The standard InChI is InChI=1S/C13H22N4O3/c1-10(2)7-15-11-6-13(19)17(16-8-11)9-12(18)14-4-5-20-3/h6,8,10,15H,4-5,7,9H2,1-3H3,(H,14,18). The van der Waals surface area contributed by atoms with Crippen molar-refractivity contribution in [2.24, 2.45) is 5.92 Å². The summed E-state index contributed by atoms with van der Waals surface area (Å²) in [5.74, 6) is 0.212. The van der Waals surface area contributed by atoms with E-state index in [1.165, 1.54) is 6.07 Å². The first-order valence-electron chi connectivity index (χ1n) is 6.59. The van der Waals surface area contributed by atoms with Gasteiger partial charge in [0.25, 0.3) is 5.56 Å². The molecular weight excluding hydrogens is 260 g/mol. The second-order valence-electron chi connectivity index (χ2n) is 4.86. The lowest BCUT2D eigenvalue weighted by Crippen LogP contribution is -2.35. The first-order chi connectivity index (χ1) is 9.52. The lowest BCUT2D eigenvalue weighted by molar-refractivity contribution is -0.122. The Morgan fingerprint density at radius 1 is 1.50 bits per heavy atom. The summed E-state index contributed by atoms with van der Waals surface area (Å²) in [6.07, 6.45) is 1.55. The van der Waals surface area contributed by atoms with Crippen molar-refractivity contribution < 1.29 is 9.53 Å². The number of carbonyl (C=O) groups excluding carboxylic acids is 1. The van der Waals surface area contributed by atoms with E-state index in [2.05, 4.69) is 29.6 Å². The third-order valence-corrected chi connectivity index (χ3v) is 2.51. The first kappa shape index (κ1) is 16.2. The average Bonchev–Trinajstić information content (AvgIpc) is 2.39. The molecule has 112 valence electrons. The van der Waals surface area contributed by atoms with Gasteiger partial charge >= 0.3 is 0 Å². The van der Waals surface area contributed by atoms with Crippen molar-refractivity contribution in [3.8, 4) is 0 Å². The molecule has 0 fully saturated rings. The highest BCUT2D eigenvalue weighted by molar-refractivity contribution is 5.75. The summed E-state index contributed by atoms with van der Waals surface area (Å²) in [7, 11) is 1.56. The number of nitrogens with zero attached hydrogens (tertiary/aromatic N) is 2. The van der Waals surface area contributed by atoms with Crippen LogP contribution in [0.1, 0.15) is 13.8 Å². The van der Waals surface area contributed by atoms with E-state index in [0.29, 0.717) is 24.8 Å². The number of anilines is 1. The van der Waals surface area contributed by atoms with Gasteiger partial charge in [-0.05, 0) is 5.92 Å². The van der Waals surface area contributed by atoms with Crippen LogP contribution in [0, 0.1) is 5.92 Å². The normalized spacial score (nSPS) is 10.6. The first-order valence-corrected chi connectivity index (χ1v) is 6.59. The van der Waals surface area contributed by atoms with Gasteiger partial charge in [-0.3, -0.25) is 9.59 Å². The number of aromatic nitrogens is 2. The van der Waals surface area contributed by atoms with Crippen molar-refractivity contribution in [2.75, 3.05) is 32.1 Å². The molecule has 0 atom stereocenters. The Balaban J connectivity index is 2.55. The minimum absolute atomic E-state index is 0.0903. The van der Waals surface area contributed by atoms with Gasteiger partial charge in [-0.15, -0.1) is 0 Å². The Morgan fingerprint density at radius 2 is 2.25 bits per heavy atom. The van der Waals surface area contributed by atoms with E-state index in [1.54, 1.807) is 13.3 Å². The lowest BCUT2D eigenvalue weighted by Gasteiger charge is -2.10. The predicted molar refractivity (Wildman–Crippen MR) is 76.7 cm³/mol. The second kappa shape index (κ2) is 8.31. The number of carbonyl (C=O) groups is 1. The van der Waals surface area contributed by atoms with Gasteiger partial charge in [0, 0.05) is 26.3 Å². The van der Waals surface area contributed by atoms with Gasteiger partial charge < -0.3 is 15.4 Å². The molecule has 7 heteroatoms. The van der Waals surface area contributed by atoms with Crippen LogP contribution in [0.4, 0.5) is 5.69 Å². The number of methoxy groups -OCH3 is 1. The molecule has 1 aromatic rings. The van der Waals surface area contributed by atoms with E-state index in [4.69, 9.17) is 4.74 Å². The molecule has 7 nitrogen and oxygen atoms in total. The number of hydrogen-bond donors (Lipinski definition) is 2. The van der Waals surface area contributed by atoms with Crippen LogP contribution in [-0.2, 0) is 16.1 Å². The summed E-state index contributed by atoms with van der Waals surface area (Å²) in [6.45, 7) is 5.68. The molecule has 0 unspecified atom stereocenters. The fraction of sp³-hybridized carbons (Fsp3) is 0.615. The molecule has 0 spiro atoms. The van der Waals surface area contributed by atoms with Crippen molar-refractivity contribution in [3.63, 3.8) is 0 Å². The van der Waals surface area contributed by atoms with Crippen molar-refractivity contribution in [1.82, 2.24) is 15.1 Å². The Bertz CT molecular complexity index is 485. The van der Waals surface area contributed by atoms with Crippen LogP contribution in [0.2, 0.25) is 0 Å². The molecule has 0 aliphatic carbocycles. The van der Waals surface area contributed by atoms with Crippen molar-refractivity contribution in [3.05, 3.63) is 22.6 Å². The Labute approximate surface area is 118 Å². The predicted octanol–water partition coefficient (Wildman–Crippen LogP) is 0.0738. The van der Waals surface area contributed by atoms with Crippen LogP contribution in [0.5, 0.6) is 0 Å². The highest BCUT2D eigenvalue weighted by atomic mass is 16.5. The quantitative estimate of drug-likeness (QED) is 0.659. The smallest absolute Gasteiger partial charge is 0.269 e. The molecule has 0 aliphatic heterocycles. The van der Waals surface area contributed by atoms with Crippen molar-refractivity contribution in [1.29, 1.82) is 0 Å². The SMILES string of the molecule is COCCNC(=O)Cn1ncc(NCC(C)C)cc1=O. The maximum absolute atomic E-state index is 11.8. The third kappa shape index (κ3) is 5.83. The molecule has 1 rings (SSSR count). The Hall–Kier alpha value is -1.89. The van der Waals surface area contributed by atoms with Gasteiger partial charge in [0.2, 0.25) is 5.91 Å². The number of rotatable bonds is 8. The van der Waals surface area contributed by atoms with Gasteiger partial charge in [-0.25, -0.2) is 4.68 Å². The van der Waals surface area contributed by atoms with E-state index >= 15 is 0 Å². The van der Waals surface area contributed by atoms with Crippen LogP contribution >= 0.6 is 0 Å². The van der Waals surface area contributed by atoms with Crippen LogP contribution in [0.25, 0.3) is 0 Å². The molecule has 0 aromatic carbocycles. The molecule has 1 aromatic heterocycles. The van der Waals surface area contributed by atoms with E-state index in [9.17, 15) is 9.59 Å². The van der Waals surface area contributed by atoms with E-state index in [-0.39, 0.29) is 18.0 Å². The third-order valence-electron chi connectivity index (χ3n) is 2.51. The topological polar surface area (TPSA) is 85.2 Å². The lowest BCUT2D eigenvalue weighted by atomic mass is 10.2. The van der Waals surface area contributed by atoms with Crippen molar-refractivity contribution in [2.45, 2.75) is 20.4 Å². The molecule has 2 N–H and O–H groups in total. The largest absolute Gasteiger partial charge is 0.383 e. The molecule has 0 aliphatic rings. The molecule has 0 bridgehead atoms. The minimum atomic E-state index is -0.305. The number of ether oxygens (including phenoxy) is 1. The monoisotopic (exact) mass is 282 g/mol. The summed E-state index contributed by atoms with van der Waals surface area (Å²) in [5.41, 5.74) is 0.361. The summed E-state index contributed by atoms with van der Waals surface area (Å²) in [4.78, 5) is 23.4. The van der Waals surface area contributed by atoms with Crippen LogP contribution in [-0.4, -0.2) is 42.5 Å². The van der Waals surface area contributed by atoms with Gasteiger partial charge in [0.05, 0.1) is 18.5 Å². The van der Waals surface area contributed by atoms with Gasteiger partial charge in [0.1, 0.15) is 6.54 Å². The minimum Gasteiger partial charge on any atom is -0.383 e. The Kier molecular flexibility index (Phi) is 6.72. The zero-order valence-corrected chi connectivity index (χ0v) is 12.2. The highest BCUT2D eigenvalue weighted by Gasteiger charge is 2.06. The molecule has 0 saturated carbocycles. The number of nitrogens with one attached hydrogen (secondary N) is 2. The maximum atomic E-state index is 11.8. The van der Waals surface area contributed by atoms with E-state index in [1.807, 2.05) is 0 Å². The number of hydrogen-bond acceptors (Lipinski definition) is 5. The van der Waals surface area contributed by atoms with Crippen LogP contribution < -0.4 is 16.2 Å². The molecule has 0 saturated heterocycles. The van der Waals surface area contributed by atoms with Crippen molar-refractivity contribution >= 4 is 11.6 Å². The molecule has 20 heavy (non-hydrogen) atoms. The summed E-state index contributed by atoms with van der Waals surface area (Å²) in [5, 5.41) is 9.72. The Morgan fingerprint density at radius 3 is 2.85 bits per heavy atom. The summed E-state index contributed by atoms with van der Waals surface area (Å²) < 4.78 is 5.95. The van der Waals surface area contributed by atoms with Crippen LogP contribution in [0.15, 0.2) is 17.1 Å². The van der Waals surface area contributed by atoms with Gasteiger partial charge in [0.15, 0.2) is 0 Å². The summed E-state index contributed by atoms with van der Waals surface area (Å²) in [6, 6.07) is 1.44. The average molecular weight is 282 g/mol. The maximum Gasteiger partial charge on any atom is 0.269 e. The fourth-order valence-corrected chi connectivity index (χ4v) is 1.46. The fourth-order valence-electron chi connectivity index (χ4n) is 1.46. The summed E-state index contributed by atoms with van der Waals surface area (Å²) >= 11 is 0. The molecular formula is C13H22N4O3. The molecule has 1 heterocycles. The highest BCUT2D eigenvalue weighted by Crippen LogP contribution is 2.01. The zero-order chi connectivity index (χ0) is 15.0. The molecule has 1 amide bonds. The zero-order valence-electron chi connectivity index (χ0n) is 12.2. The van der Waals surface area contributed by atoms with E-state index < -0.39 is 0 Å². The second-order valence-corrected chi connectivity index (χ2v) is 4.86.